The fraction of sp³-hybridized carbons (Fsp3) is 1.00. The Labute approximate surface area is 322 Å². The van der Waals surface area contributed by atoms with E-state index in [4.69, 9.17) is 0 Å². The van der Waals surface area contributed by atoms with E-state index in [9.17, 15) is 0 Å². The van der Waals surface area contributed by atoms with Crippen LogP contribution in [0.1, 0.15) is 256 Å². The van der Waals surface area contributed by atoms with Gasteiger partial charge in [-0.3, -0.25) is 0 Å². The van der Waals surface area contributed by atoms with Gasteiger partial charge in [-0.15, -0.1) is 0 Å². The van der Waals surface area contributed by atoms with E-state index >= 15 is 0 Å². The molecule has 1 atom stereocenters. The highest BCUT2D eigenvalue weighted by atomic mass is 14.6. The molecular formula is C51H94. The molecule has 0 saturated heterocycles. The highest BCUT2D eigenvalue weighted by molar-refractivity contribution is 5.02. The summed E-state index contributed by atoms with van der Waals surface area (Å²) in [6.45, 7) is 28.9. The lowest BCUT2D eigenvalue weighted by Gasteiger charge is -2.58. The topological polar surface area (TPSA) is 0 Å². The molecule has 0 amide bonds. The van der Waals surface area contributed by atoms with Crippen molar-refractivity contribution in [2.45, 2.75) is 256 Å². The van der Waals surface area contributed by atoms with E-state index in [1.807, 2.05) is 0 Å². The molecule has 8 saturated carbocycles. The van der Waals surface area contributed by atoms with Gasteiger partial charge in [0.15, 0.2) is 0 Å². The van der Waals surface area contributed by atoms with Crippen LogP contribution in [0.3, 0.4) is 0 Å². The van der Waals surface area contributed by atoms with Crippen molar-refractivity contribution in [2.24, 2.45) is 67.0 Å². The van der Waals surface area contributed by atoms with Crippen molar-refractivity contribution in [3.63, 3.8) is 0 Å². The van der Waals surface area contributed by atoms with Crippen molar-refractivity contribution in [1.82, 2.24) is 0 Å². The molecule has 0 aliphatic heterocycles. The summed E-state index contributed by atoms with van der Waals surface area (Å²) in [5.74, 6) is 4.03. The molecule has 8 rings (SSSR count). The van der Waals surface area contributed by atoms with E-state index < -0.39 is 0 Å². The van der Waals surface area contributed by atoms with E-state index in [-0.39, 0.29) is 0 Å². The van der Waals surface area contributed by atoms with Crippen LogP contribution in [0.15, 0.2) is 0 Å². The summed E-state index contributed by atoms with van der Waals surface area (Å²) >= 11 is 0. The van der Waals surface area contributed by atoms with Crippen LogP contribution in [0.2, 0.25) is 0 Å². The molecular weight excluding hydrogens is 613 g/mol. The minimum atomic E-state index is 0.556. The number of hydrogen-bond acceptors (Lipinski definition) is 0. The monoisotopic (exact) mass is 707 g/mol. The van der Waals surface area contributed by atoms with Crippen molar-refractivity contribution < 1.29 is 0 Å². The molecule has 0 heteroatoms. The Balaban J connectivity index is 0.000000132. The molecule has 4 spiro atoms. The molecule has 8 fully saturated rings. The lowest BCUT2D eigenvalue weighted by molar-refractivity contribution is -0.0700. The first kappa shape index (κ1) is 42.1. The Hall–Kier alpha value is 0. The van der Waals surface area contributed by atoms with Gasteiger partial charge in [-0.05, 0) is 202 Å². The van der Waals surface area contributed by atoms with E-state index in [0.29, 0.717) is 21.7 Å². The molecule has 0 bridgehead atoms. The fourth-order valence-electron chi connectivity index (χ4n) is 13.2. The minimum Gasteiger partial charge on any atom is -0.0599 e. The van der Waals surface area contributed by atoms with E-state index in [2.05, 4.69) is 83.1 Å². The van der Waals surface area contributed by atoms with Gasteiger partial charge in [0.2, 0.25) is 0 Å². The smallest absolute Gasteiger partial charge is 0.0292 e. The zero-order valence-corrected chi connectivity index (χ0v) is 37.4. The predicted octanol–water partition coefficient (Wildman–Crippen LogP) is 17.2. The van der Waals surface area contributed by atoms with Crippen LogP contribution in [0, 0.1) is 67.0 Å². The molecule has 51 heavy (non-hydrogen) atoms. The van der Waals surface area contributed by atoms with Gasteiger partial charge in [0, 0.05) is 0 Å². The van der Waals surface area contributed by atoms with Crippen LogP contribution in [-0.2, 0) is 0 Å². The Morgan fingerprint density at radius 1 is 0.255 bits per heavy atom. The second kappa shape index (κ2) is 15.9. The van der Waals surface area contributed by atoms with Gasteiger partial charge in [-0.1, -0.05) is 122 Å². The molecule has 0 heterocycles. The molecule has 298 valence electrons. The average molecular weight is 707 g/mol. The van der Waals surface area contributed by atoms with Gasteiger partial charge in [0.25, 0.3) is 0 Å². The van der Waals surface area contributed by atoms with Gasteiger partial charge in [0.05, 0.1) is 0 Å². The first-order chi connectivity index (χ1) is 23.6. The largest absolute Gasteiger partial charge is 0.0599 e. The maximum atomic E-state index is 2.42. The molecule has 0 N–H and O–H groups in total. The molecule has 0 aromatic carbocycles. The highest BCUT2D eigenvalue weighted by Crippen LogP contribution is 2.63. The lowest BCUT2D eigenvalue weighted by atomic mass is 9.47. The summed E-state index contributed by atoms with van der Waals surface area (Å²) in [7, 11) is 0. The summed E-state index contributed by atoms with van der Waals surface area (Å²) in [6.07, 6.45) is 41.2. The molecule has 0 aromatic heterocycles. The predicted molar refractivity (Wildman–Crippen MR) is 226 cm³/mol. The second-order valence-corrected chi connectivity index (χ2v) is 25.7. The van der Waals surface area contributed by atoms with Crippen LogP contribution in [-0.4, -0.2) is 0 Å². The second-order valence-electron chi connectivity index (χ2n) is 25.7. The van der Waals surface area contributed by atoms with Crippen LogP contribution < -0.4 is 0 Å². The van der Waals surface area contributed by atoms with Crippen molar-refractivity contribution in [3.8, 4) is 0 Å². The van der Waals surface area contributed by atoms with Gasteiger partial charge in [-0.2, -0.15) is 0 Å². The first-order valence-corrected chi connectivity index (χ1v) is 23.6. The van der Waals surface area contributed by atoms with Gasteiger partial charge >= 0.3 is 0 Å². The Kier molecular flexibility index (Phi) is 13.1. The summed E-state index contributed by atoms with van der Waals surface area (Å²) in [6, 6.07) is 0. The molecule has 1 unspecified atom stereocenters. The molecule has 8 aliphatic rings. The lowest BCUT2D eigenvalue weighted by Crippen LogP contribution is -2.47. The molecule has 8 aliphatic carbocycles. The first-order valence-electron chi connectivity index (χ1n) is 23.6. The quantitative estimate of drug-likeness (QED) is 0.235. The third-order valence-electron chi connectivity index (χ3n) is 18.2. The average Bonchev–Trinajstić information content (AvgIpc) is 3.73. The van der Waals surface area contributed by atoms with Gasteiger partial charge < -0.3 is 0 Å². The normalized spacial score (nSPS) is 32.1. The van der Waals surface area contributed by atoms with Crippen molar-refractivity contribution in [2.75, 3.05) is 0 Å². The van der Waals surface area contributed by atoms with Gasteiger partial charge in [-0.25, -0.2) is 0 Å². The van der Waals surface area contributed by atoms with E-state index in [1.165, 1.54) is 122 Å². The number of rotatable bonds is 0. The van der Waals surface area contributed by atoms with E-state index in [1.54, 1.807) is 51.4 Å². The summed E-state index contributed by atoms with van der Waals surface area (Å²) in [5, 5.41) is 0. The fourth-order valence-corrected chi connectivity index (χ4v) is 13.2. The third kappa shape index (κ3) is 10.9. The Morgan fingerprint density at radius 2 is 0.510 bits per heavy atom. The summed E-state index contributed by atoms with van der Waals surface area (Å²) < 4.78 is 0. The van der Waals surface area contributed by atoms with Crippen LogP contribution in [0.25, 0.3) is 0 Å². The standard InChI is InChI=1S/C14H26.2C13H24.C11H20/c1-13(2,3)12-6-10-14(11-7-12)8-4-5-9-14;1-12(2,3)11-5-9-13(10-6-11)7-4-8-13;1-12(2,3)11-6-9-13(10-11)7-4-5-8-13;1-10(2,3)9-7-11(8-9)5-4-6-11/h12H,4-11H2,1-3H3;2*11H,4-10H2,1-3H3;9H,4-8H2,1-3H3. The van der Waals surface area contributed by atoms with Crippen molar-refractivity contribution in [1.29, 1.82) is 0 Å². The Bertz CT molecular complexity index is 1030. The molecule has 0 nitrogen and oxygen atoms in total. The SMILES string of the molecule is CC(C)(C)C1CC2(CCC2)C1.CC(C)(C)C1CCC2(CCC2)CC1.CC(C)(C)C1CCC2(CCCC2)C1.CC(C)(C)C1CCC2(CCCC2)CC1. The minimum absolute atomic E-state index is 0.556. The maximum absolute atomic E-state index is 2.42. The van der Waals surface area contributed by atoms with E-state index in [0.717, 1.165) is 45.3 Å². The van der Waals surface area contributed by atoms with Crippen LogP contribution >= 0.6 is 0 Å². The van der Waals surface area contributed by atoms with Crippen molar-refractivity contribution >= 4 is 0 Å². The maximum Gasteiger partial charge on any atom is -0.0292 e. The zero-order valence-electron chi connectivity index (χ0n) is 37.4. The molecule has 0 aromatic rings. The summed E-state index contributed by atoms with van der Waals surface area (Å²) in [4.78, 5) is 0. The summed E-state index contributed by atoms with van der Waals surface area (Å²) in [5.41, 5.74) is 5.62. The number of hydrogen-bond donors (Lipinski definition) is 0. The van der Waals surface area contributed by atoms with Crippen LogP contribution in [0.4, 0.5) is 0 Å². The molecule has 0 radical (unpaired) electrons. The zero-order chi connectivity index (χ0) is 37.4. The third-order valence-corrected chi connectivity index (χ3v) is 18.2. The highest BCUT2D eigenvalue weighted by Gasteiger charge is 2.51. The van der Waals surface area contributed by atoms with Crippen molar-refractivity contribution in [3.05, 3.63) is 0 Å². The Morgan fingerprint density at radius 3 is 0.784 bits per heavy atom. The van der Waals surface area contributed by atoms with Crippen LogP contribution in [0.5, 0.6) is 0 Å². The van der Waals surface area contributed by atoms with Gasteiger partial charge in [0.1, 0.15) is 0 Å².